The second kappa shape index (κ2) is 11.5. The molecule has 0 radical (unpaired) electrons. The number of hydrogen-bond acceptors (Lipinski definition) is 7. The zero-order chi connectivity index (χ0) is 30.1. The van der Waals surface area contributed by atoms with Crippen molar-refractivity contribution in [3.05, 3.63) is 94.6 Å². The van der Waals surface area contributed by atoms with Crippen LogP contribution in [0.25, 0.3) is 5.76 Å². The average molecular weight is 557 g/mol. The number of carbonyl (C=O) groups excluding carboxylic acids is 3. The largest absolute Gasteiger partial charge is 0.507 e. The first-order valence-electron chi connectivity index (χ1n) is 13.4. The van der Waals surface area contributed by atoms with Crippen LogP contribution in [0.4, 0.5) is 11.4 Å². The molecule has 1 aliphatic heterocycles. The zero-order valence-electron chi connectivity index (χ0n) is 24.5. The van der Waals surface area contributed by atoms with Gasteiger partial charge in [0, 0.05) is 36.6 Å². The summed E-state index contributed by atoms with van der Waals surface area (Å²) < 4.78 is 10.6. The molecule has 1 fully saturated rings. The molecule has 1 unspecified atom stereocenters. The smallest absolute Gasteiger partial charge is 0.337 e. The Bertz CT molecular complexity index is 1500. The van der Waals surface area contributed by atoms with Crippen molar-refractivity contribution in [1.29, 1.82) is 0 Å². The number of Topliss-reactive ketones (excluding diaryl/α,β-unsaturated/α-hetero) is 1. The Kier molecular flexibility index (Phi) is 8.24. The Morgan fingerprint density at radius 1 is 0.951 bits per heavy atom. The van der Waals surface area contributed by atoms with Gasteiger partial charge in [-0.2, -0.15) is 0 Å². The fourth-order valence-electron chi connectivity index (χ4n) is 4.95. The Labute approximate surface area is 240 Å². The molecule has 0 bridgehead atoms. The maximum absolute atomic E-state index is 13.6. The average Bonchev–Trinajstić information content (AvgIpc) is 3.22. The molecule has 0 spiro atoms. The predicted molar refractivity (Wildman–Crippen MR) is 160 cm³/mol. The highest BCUT2D eigenvalue weighted by Gasteiger charge is 2.47. The summed E-state index contributed by atoms with van der Waals surface area (Å²) in [4.78, 5) is 42.5. The predicted octanol–water partition coefficient (Wildman–Crippen LogP) is 5.86. The number of methoxy groups -OCH3 is 1. The third-order valence-electron chi connectivity index (χ3n) is 7.10. The van der Waals surface area contributed by atoms with Crippen LogP contribution in [0.1, 0.15) is 60.8 Å². The van der Waals surface area contributed by atoms with Crippen LogP contribution < -0.4 is 14.5 Å². The van der Waals surface area contributed by atoms with Crippen LogP contribution in [0, 0.1) is 0 Å². The van der Waals surface area contributed by atoms with Gasteiger partial charge in [-0.05, 0) is 72.5 Å². The summed E-state index contributed by atoms with van der Waals surface area (Å²) in [5.41, 5.74) is 3.25. The molecule has 0 saturated carbocycles. The molecule has 1 heterocycles. The molecule has 1 amide bonds. The van der Waals surface area contributed by atoms with Crippen LogP contribution in [-0.2, 0) is 19.7 Å². The molecule has 4 rings (SSSR count). The minimum Gasteiger partial charge on any atom is -0.507 e. The maximum Gasteiger partial charge on any atom is 0.337 e. The first kappa shape index (κ1) is 29.4. The number of benzene rings is 3. The van der Waals surface area contributed by atoms with Crippen LogP contribution in [0.3, 0.4) is 0 Å². The lowest BCUT2D eigenvalue weighted by Crippen LogP contribution is -2.29. The molecule has 1 saturated heterocycles. The number of rotatable bonds is 7. The summed E-state index contributed by atoms with van der Waals surface area (Å²) in [6, 6.07) is 18.1. The molecule has 8 nitrogen and oxygen atoms in total. The van der Waals surface area contributed by atoms with Gasteiger partial charge in [-0.25, -0.2) is 4.79 Å². The van der Waals surface area contributed by atoms with Crippen molar-refractivity contribution in [2.75, 3.05) is 37.6 Å². The van der Waals surface area contributed by atoms with E-state index in [0.717, 1.165) is 11.3 Å². The van der Waals surface area contributed by atoms with Crippen molar-refractivity contribution in [1.82, 2.24) is 0 Å². The summed E-state index contributed by atoms with van der Waals surface area (Å²) in [6.45, 7) is 8.51. The molecule has 41 heavy (non-hydrogen) atoms. The van der Waals surface area contributed by atoms with Crippen LogP contribution in [0.15, 0.2) is 72.3 Å². The van der Waals surface area contributed by atoms with Crippen molar-refractivity contribution in [2.45, 2.75) is 39.2 Å². The van der Waals surface area contributed by atoms with E-state index in [1.807, 2.05) is 77.0 Å². The van der Waals surface area contributed by atoms with Gasteiger partial charge in [0.05, 0.1) is 30.9 Å². The Morgan fingerprint density at radius 2 is 1.56 bits per heavy atom. The molecule has 8 heteroatoms. The molecule has 3 aromatic rings. The molecule has 1 atom stereocenters. The van der Waals surface area contributed by atoms with E-state index in [1.54, 1.807) is 24.3 Å². The normalized spacial score (nSPS) is 16.6. The highest BCUT2D eigenvalue weighted by molar-refractivity contribution is 6.51. The van der Waals surface area contributed by atoms with Crippen LogP contribution in [0.2, 0.25) is 0 Å². The topological polar surface area (TPSA) is 96.4 Å². The second-order valence-corrected chi connectivity index (χ2v) is 11.1. The number of amides is 1. The van der Waals surface area contributed by atoms with E-state index in [-0.39, 0.29) is 16.7 Å². The Balaban J connectivity index is 1.92. The molecule has 214 valence electrons. The fourth-order valence-corrected chi connectivity index (χ4v) is 4.95. The van der Waals surface area contributed by atoms with Crippen LogP contribution in [0.5, 0.6) is 5.75 Å². The van der Waals surface area contributed by atoms with Gasteiger partial charge in [0.2, 0.25) is 0 Å². The number of ketones is 1. The van der Waals surface area contributed by atoms with E-state index >= 15 is 0 Å². The van der Waals surface area contributed by atoms with E-state index in [1.165, 1.54) is 24.1 Å². The number of hydrogen-bond donors (Lipinski definition) is 1. The number of aliphatic hydroxyl groups excluding tert-OH is 1. The van der Waals surface area contributed by atoms with Crippen molar-refractivity contribution in [2.24, 2.45) is 0 Å². The summed E-state index contributed by atoms with van der Waals surface area (Å²) in [5.74, 6) is -1.67. The molecule has 0 aliphatic carbocycles. The second-order valence-electron chi connectivity index (χ2n) is 11.1. The standard InChI is InChI=1S/C33H36N2O6/c1-8-41-26-18-13-22(19-25(26)33(2,3)4)29(36)27-28(20-9-14-23(15-10-20)34(5)6)35(31(38)30(27)37)24-16-11-21(12-17-24)32(39)40-7/h9-19,28,36H,8H2,1-7H3/b29-27-. The zero-order valence-corrected chi connectivity index (χ0v) is 24.5. The number of aliphatic hydroxyl groups is 1. The summed E-state index contributed by atoms with van der Waals surface area (Å²) in [7, 11) is 5.13. The molecular formula is C33H36N2O6. The summed E-state index contributed by atoms with van der Waals surface area (Å²) >= 11 is 0. The highest BCUT2D eigenvalue weighted by Crippen LogP contribution is 2.43. The quantitative estimate of drug-likeness (QED) is 0.168. The molecule has 0 aromatic heterocycles. The SMILES string of the molecule is CCOc1ccc(/C(O)=C2/C(=O)C(=O)N(c3ccc(C(=O)OC)cc3)C2c2ccc(N(C)C)cc2)cc1C(C)(C)C. The van der Waals surface area contributed by atoms with Crippen LogP contribution >= 0.6 is 0 Å². The third-order valence-corrected chi connectivity index (χ3v) is 7.10. The Hall–Kier alpha value is -4.59. The van der Waals surface area contributed by atoms with E-state index in [2.05, 4.69) is 0 Å². The van der Waals surface area contributed by atoms with Gasteiger partial charge in [0.25, 0.3) is 11.7 Å². The van der Waals surface area contributed by atoms with Gasteiger partial charge in [0.1, 0.15) is 11.5 Å². The highest BCUT2D eigenvalue weighted by atomic mass is 16.5. The van der Waals surface area contributed by atoms with Gasteiger partial charge >= 0.3 is 5.97 Å². The van der Waals surface area contributed by atoms with Gasteiger partial charge < -0.3 is 19.5 Å². The molecule has 1 aliphatic rings. The van der Waals surface area contributed by atoms with Crippen molar-refractivity contribution in [3.63, 3.8) is 0 Å². The first-order valence-corrected chi connectivity index (χ1v) is 13.4. The number of nitrogens with zero attached hydrogens (tertiary/aromatic N) is 2. The van der Waals surface area contributed by atoms with Crippen LogP contribution in [-0.4, -0.2) is 50.6 Å². The van der Waals surface area contributed by atoms with Crippen molar-refractivity contribution in [3.8, 4) is 5.75 Å². The van der Waals surface area contributed by atoms with Gasteiger partial charge in [0.15, 0.2) is 0 Å². The number of carbonyl (C=O) groups is 3. The first-order chi connectivity index (χ1) is 19.4. The molecule has 1 N–H and O–H groups in total. The summed E-state index contributed by atoms with van der Waals surface area (Å²) in [6.07, 6.45) is 0. The van der Waals surface area contributed by atoms with E-state index in [0.29, 0.717) is 34.7 Å². The van der Waals surface area contributed by atoms with E-state index < -0.39 is 23.7 Å². The maximum atomic E-state index is 13.6. The lowest BCUT2D eigenvalue weighted by Gasteiger charge is -2.26. The monoisotopic (exact) mass is 556 g/mol. The molecule has 3 aromatic carbocycles. The van der Waals surface area contributed by atoms with Crippen molar-refractivity contribution < 1.29 is 29.0 Å². The minimum absolute atomic E-state index is 0.0198. The minimum atomic E-state index is -0.903. The van der Waals surface area contributed by atoms with Gasteiger partial charge in [-0.15, -0.1) is 0 Å². The van der Waals surface area contributed by atoms with E-state index in [4.69, 9.17) is 9.47 Å². The Morgan fingerprint density at radius 3 is 2.10 bits per heavy atom. The summed E-state index contributed by atoms with van der Waals surface area (Å²) in [5, 5.41) is 11.7. The number of anilines is 2. The van der Waals surface area contributed by atoms with Crippen molar-refractivity contribution >= 4 is 34.8 Å². The van der Waals surface area contributed by atoms with Gasteiger partial charge in [-0.1, -0.05) is 32.9 Å². The van der Waals surface area contributed by atoms with Gasteiger partial charge in [-0.3, -0.25) is 14.5 Å². The number of esters is 1. The molecular weight excluding hydrogens is 520 g/mol. The fraction of sp³-hybridized carbons (Fsp3) is 0.303. The number of ether oxygens (including phenoxy) is 2. The third kappa shape index (κ3) is 5.68. The van der Waals surface area contributed by atoms with E-state index in [9.17, 15) is 19.5 Å². The lowest BCUT2D eigenvalue weighted by atomic mass is 9.84. The lowest BCUT2D eigenvalue weighted by molar-refractivity contribution is -0.132.